The Labute approximate surface area is 101 Å². The van der Waals surface area contributed by atoms with Gasteiger partial charge in [0.1, 0.15) is 0 Å². The molecule has 8 heteroatoms. The van der Waals surface area contributed by atoms with Crippen molar-refractivity contribution in [2.45, 2.75) is 0 Å². The lowest BCUT2D eigenvalue weighted by Crippen LogP contribution is -1.99. The fraction of sp³-hybridized carbons (Fsp3) is 0. The number of nitrogen functional groups attached to an aromatic ring is 1. The van der Waals surface area contributed by atoms with Crippen LogP contribution in [-0.2, 0) is 0 Å². The number of rotatable bonds is 2. The van der Waals surface area contributed by atoms with Crippen LogP contribution in [-0.4, -0.2) is 26.5 Å². The van der Waals surface area contributed by atoms with E-state index in [0.29, 0.717) is 15.6 Å². The summed E-state index contributed by atoms with van der Waals surface area (Å²) < 4.78 is 0. The van der Waals surface area contributed by atoms with Gasteiger partial charge < -0.3 is 5.73 Å². The predicted octanol–water partition coefficient (Wildman–Crippen LogP) is 1.44. The van der Waals surface area contributed by atoms with Gasteiger partial charge in [-0.3, -0.25) is 0 Å². The average molecular weight is 257 g/mol. The maximum absolute atomic E-state index is 5.94. The number of aromatic nitrogens is 4. The number of nitrogens with two attached hydrogens (primary N) is 1. The minimum atomic E-state index is 0.0985. The van der Waals surface area contributed by atoms with Crippen LogP contribution in [0.5, 0.6) is 0 Å². The molecule has 2 N–H and O–H groups in total. The second kappa shape index (κ2) is 4.46. The zero-order chi connectivity index (χ0) is 11.5. The second-order valence-electron chi connectivity index (χ2n) is 2.84. The van der Waals surface area contributed by atoms with Gasteiger partial charge in [-0.15, -0.1) is 0 Å². The topological polar surface area (TPSA) is 82.0 Å². The van der Waals surface area contributed by atoms with E-state index < -0.39 is 0 Å². The number of hydrogen-bond acceptors (Lipinski definition) is 5. The van der Waals surface area contributed by atoms with Gasteiger partial charge in [-0.05, 0) is 22.6 Å². The minimum Gasteiger partial charge on any atom is -0.365 e. The van der Waals surface area contributed by atoms with Gasteiger partial charge in [0, 0.05) is 10.6 Å². The van der Waals surface area contributed by atoms with Crippen molar-refractivity contribution >= 4 is 35.4 Å². The molecule has 0 aliphatic rings. The van der Waals surface area contributed by atoms with E-state index in [1.165, 1.54) is 6.21 Å². The number of halogens is 2. The molecule has 2 rings (SSSR count). The highest BCUT2D eigenvalue weighted by molar-refractivity contribution is 6.36. The summed E-state index contributed by atoms with van der Waals surface area (Å²) in [5.41, 5.74) is 6.12. The van der Waals surface area contributed by atoms with Gasteiger partial charge in [-0.2, -0.15) is 5.10 Å². The highest BCUT2D eigenvalue weighted by Crippen LogP contribution is 2.19. The molecule has 0 atom stereocenters. The lowest BCUT2D eigenvalue weighted by molar-refractivity contribution is 0.699. The number of nitrogens with zero attached hydrogens (tertiary/aromatic N) is 5. The molecule has 0 bridgehead atoms. The van der Waals surface area contributed by atoms with Crippen LogP contribution in [0, 0.1) is 0 Å². The Morgan fingerprint density at radius 3 is 2.81 bits per heavy atom. The van der Waals surface area contributed by atoms with Crippen LogP contribution >= 0.6 is 23.2 Å². The lowest BCUT2D eigenvalue weighted by atomic mass is 10.2. The molecular formula is C8H6Cl2N6. The van der Waals surface area contributed by atoms with E-state index in [9.17, 15) is 0 Å². The molecule has 2 aromatic rings. The second-order valence-corrected chi connectivity index (χ2v) is 3.68. The normalized spacial score (nSPS) is 11.1. The third kappa shape index (κ3) is 2.29. The summed E-state index contributed by atoms with van der Waals surface area (Å²) in [4.78, 5) is 1.09. The molecule has 0 saturated carbocycles. The Hall–Kier alpha value is -1.66. The van der Waals surface area contributed by atoms with Crippen molar-refractivity contribution in [3.05, 3.63) is 33.8 Å². The van der Waals surface area contributed by atoms with Crippen molar-refractivity contribution in [2.75, 3.05) is 5.73 Å². The van der Waals surface area contributed by atoms with Crippen molar-refractivity contribution in [2.24, 2.45) is 5.10 Å². The Bertz CT molecular complexity index is 535. The first-order valence-electron chi connectivity index (χ1n) is 4.20. The van der Waals surface area contributed by atoms with Gasteiger partial charge in [0.25, 0.3) is 5.95 Å². The number of benzene rings is 1. The lowest BCUT2D eigenvalue weighted by Gasteiger charge is -1.97. The van der Waals surface area contributed by atoms with E-state index in [2.05, 4.69) is 20.6 Å². The first-order chi connectivity index (χ1) is 7.66. The highest BCUT2D eigenvalue weighted by Gasteiger charge is 2.00. The molecular weight excluding hydrogens is 251 g/mol. The van der Waals surface area contributed by atoms with E-state index >= 15 is 0 Å². The minimum absolute atomic E-state index is 0.0985. The predicted molar refractivity (Wildman–Crippen MR) is 61.7 cm³/mol. The van der Waals surface area contributed by atoms with Crippen molar-refractivity contribution in [3.63, 3.8) is 0 Å². The summed E-state index contributed by atoms with van der Waals surface area (Å²) in [5.74, 6) is 0.0985. The summed E-state index contributed by atoms with van der Waals surface area (Å²) in [6, 6.07) is 5.06. The summed E-state index contributed by atoms with van der Waals surface area (Å²) >= 11 is 11.7. The van der Waals surface area contributed by atoms with E-state index in [1.807, 2.05) is 0 Å². The zero-order valence-corrected chi connectivity index (χ0v) is 9.39. The first kappa shape index (κ1) is 10.8. The van der Waals surface area contributed by atoms with Crippen LogP contribution in [0.3, 0.4) is 0 Å². The molecule has 0 aliphatic heterocycles. The molecule has 0 radical (unpaired) electrons. The van der Waals surface area contributed by atoms with Crippen LogP contribution < -0.4 is 5.73 Å². The van der Waals surface area contributed by atoms with Gasteiger partial charge in [-0.1, -0.05) is 39.2 Å². The van der Waals surface area contributed by atoms with E-state index in [-0.39, 0.29) is 5.95 Å². The fourth-order valence-electron chi connectivity index (χ4n) is 0.995. The van der Waals surface area contributed by atoms with Crippen LogP contribution in [0.1, 0.15) is 5.56 Å². The molecule has 82 valence electrons. The van der Waals surface area contributed by atoms with Crippen LogP contribution in [0.15, 0.2) is 23.3 Å². The maximum atomic E-state index is 5.94. The van der Waals surface area contributed by atoms with Crippen LogP contribution in [0.4, 0.5) is 5.95 Å². The third-order valence-corrected chi connectivity index (χ3v) is 2.31. The summed E-state index contributed by atoms with van der Waals surface area (Å²) in [6.07, 6.45) is 1.49. The molecule has 0 saturated heterocycles. The molecule has 0 unspecified atom stereocenters. The van der Waals surface area contributed by atoms with Crippen molar-refractivity contribution < 1.29 is 0 Å². The largest absolute Gasteiger partial charge is 0.365 e. The van der Waals surface area contributed by atoms with Gasteiger partial charge in [-0.25, -0.2) is 0 Å². The van der Waals surface area contributed by atoms with Gasteiger partial charge in [0.05, 0.1) is 11.2 Å². The maximum Gasteiger partial charge on any atom is 0.263 e. The van der Waals surface area contributed by atoms with Crippen molar-refractivity contribution in [3.8, 4) is 0 Å². The van der Waals surface area contributed by atoms with E-state index in [0.717, 1.165) is 4.79 Å². The third-order valence-electron chi connectivity index (χ3n) is 1.75. The van der Waals surface area contributed by atoms with Gasteiger partial charge >= 0.3 is 0 Å². The van der Waals surface area contributed by atoms with Crippen LogP contribution in [0.25, 0.3) is 0 Å². The van der Waals surface area contributed by atoms with Crippen LogP contribution in [0.2, 0.25) is 10.0 Å². The molecule has 1 aromatic heterocycles. The quantitative estimate of drug-likeness (QED) is 0.825. The average Bonchev–Trinajstić information content (AvgIpc) is 2.63. The van der Waals surface area contributed by atoms with Crippen molar-refractivity contribution in [1.29, 1.82) is 0 Å². The summed E-state index contributed by atoms with van der Waals surface area (Å²) in [5, 5.41) is 15.3. The van der Waals surface area contributed by atoms with E-state index in [1.54, 1.807) is 18.2 Å². The standard InChI is InChI=1S/C8H6Cl2N6/c9-6-2-1-5(7(10)3-6)4-12-16-8(11)13-14-15-16/h1-4H,(H2,11,13,15)/b12-4-. The SMILES string of the molecule is Nc1nnnn1/N=C\c1ccc(Cl)cc1Cl. The Morgan fingerprint density at radius 2 is 2.19 bits per heavy atom. The number of hydrogen-bond donors (Lipinski definition) is 1. The molecule has 6 nitrogen and oxygen atoms in total. The van der Waals surface area contributed by atoms with Gasteiger partial charge in [0.2, 0.25) is 0 Å². The first-order valence-corrected chi connectivity index (χ1v) is 4.95. The fourth-order valence-corrected chi connectivity index (χ4v) is 1.45. The Kier molecular flexibility index (Phi) is 3.02. The Balaban J connectivity index is 2.27. The smallest absolute Gasteiger partial charge is 0.263 e. The molecule has 0 spiro atoms. The molecule has 0 aliphatic carbocycles. The molecule has 1 heterocycles. The summed E-state index contributed by atoms with van der Waals surface area (Å²) in [6.45, 7) is 0. The highest BCUT2D eigenvalue weighted by atomic mass is 35.5. The zero-order valence-electron chi connectivity index (χ0n) is 7.88. The molecule has 0 amide bonds. The number of tetrazole rings is 1. The summed E-state index contributed by atoms with van der Waals surface area (Å²) in [7, 11) is 0. The molecule has 0 fully saturated rings. The molecule has 1 aromatic carbocycles. The molecule has 16 heavy (non-hydrogen) atoms. The number of anilines is 1. The Morgan fingerprint density at radius 1 is 1.38 bits per heavy atom. The van der Waals surface area contributed by atoms with Gasteiger partial charge in [0.15, 0.2) is 0 Å². The van der Waals surface area contributed by atoms with Crippen molar-refractivity contribution in [1.82, 2.24) is 20.3 Å². The monoisotopic (exact) mass is 256 g/mol. The van der Waals surface area contributed by atoms with E-state index in [4.69, 9.17) is 28.9 Å².